The van der Waals surface area contributed by atoms with E-state index in [2.05, 4.69) is 4.98 Å². The second-order valence-corrected chi connectivity index (χ2v) is 7.58. The normalized spacial score (nSPS) is 19.2. The Hall–Kier alpha value is -0.910. The van der Waals surface area contributed by atoms with E-state index in [0.717, 1.165) is 33.6 Å². The number of hydrogen-bond acceptors (Lipinski definition) is 4. The highest BCUT2D eigenvalue weighted by Crippen LogP contribution is 2.33. The molecule has 20 heavy (non-hydrogen) atoms. The summed E-state index contributed by atoms with van der Waals surface area (Å²) in [6.07, 6.45) is 5.53. The third kappa shape index (κ3) is 3.05. The Morgan fingerprint density at radius 3 is 3.05 bits per heavy atom. The predicted molar refractivity (Wildman–Crippen MR) is 83.5 cm³/mol. The van der Waals surface area contributed by atoms with E-state index in [1.807, 2.05) is 28.6 Å². The third-order valence-electron chi connectivity index (χ3n) is 3.51. The van der Waals surface area contributed by atoms with Gasteiger partial charge in [0.1, 0.15) is 5.01 Å². The minimum Gasteiger partial charge on any atom is -0.333 e. The largest absolute Gasteiger partial charge is 0.333 e. The van der Waals surface area contributed by atoms with E-state index in [1.165, 1.54) is 17.8 Å². The first-order valence-corrected chi connectivity index (χ1v) is 8.74. The molecule has 0 spiro atoms. The summed E-state index contributed by atoms with van der Waals surface area (Å²) in [5.41, 5.74) is 0. The van der Waals surface area contributed by atoms with Crippen LogP contribution in [0.15, 0.2) is 23.7 Å². The van der Waals surface area contributed by atoms with E-state index >= 15 is 0 Å². The molecule has 1 aliphatic rings. The van der Waals surface area contributed by atoms with Gasteiger partial charge in [-0.25, -0.2) is 4.98 Å². The van der Waals surface area contributed by atoms with E-state index in [1.54, 1.807) is 11.3 Å². The van der Waals surface area contributed by atoms with Crippen LogP contribution >= 0.6 is 34.3 Å². The first-order valence-electron chi connectivity index (χ1n) is 6.67. The van der Waals surface area contributed by atoms with Gasteiger partial charge in [0.25, 0.3) is 0 Å². The molecule has 0 unspecified atom stereocenters. The smallest absolute Gasteiger partial charge is 0.228 e. The molecule has 0 N–H and O–H groups in total. The molecule has 3 rings (SSSR count). The zero-order valence-electron chi connectivity index (χ0n) is 10.9. The number of rotatable bonds is 3. The predicted octanol–water partition coefficient (Wildman–Crippen LogP) is 4.15. The Morgan fingerprint density at radius 2 is 2.35 bits per heavy atom. The summed E-state index contributed by atoms with van der Waals surface area (Å²) >= 11 is 9.05. The molecule has 3 heterocycles. The fraction of sp³-hybridized carbons (Fsp3) is 0.429. The summed E-state index contributed by atoms with van der Waals surface area (Å²) in [7, 11) is 0. The SMILES string of the molecule is O=C(Cc1ccc(Cl)s1)N1CCCC[C@H]1c1nccs1. The van der Waals surface area contributed by atoms with E-state index in [9.17, 15) is 4.79 Å². The molecule has 2 aromatic heterocycles. The Labute approximate surface area is 131 Å². The van der Waals surface area contributed by atoms with E-state index in [4.69, 9.17) is 11.6 Å². The molecule has 0 aromatic carbocycles. The molecule has 0 radical (unpaired) electrons. The van der Waals surface area contributed by atoms with Crippen LogP contribution in [0.3, 0.4) is 0 Å². The zero-order valence-corrected chi connectivity index (χ0v) is 13.3. The van der Waals surface area contributed by atoms with Crippen molar-refractivity contribution in [2.75, 3.05) is 6.54 Å². The average Bonchev–Trinajstić information content (AvgIpc) is 3.10. The lowest BCUT2D eigenvalue weighted by Crippen LogP contribution is -2.39. The second kappa shape index (κ2) is 6.24. The van der Waals surface area contributed by atoms with Crippen LogP contribution in [-0.2, 0) is 11.2 Å². The zero-order chi connectivity index (χ0) is 13.9. The maximum Gasteiger partial charge on any atom is 0.228 e. The van der Waals surface area contributed by atoms with Crippen molar-refractivity contribution in [2.45, 2.75) is 31.7 Å². The molecule has 1 amide bonds. The van der Waals surface area contributed by atoms with Gasteiger partial charge in [-0.05, 0) is 31.4 Å². The number of likely N-dealkylation sites (tertiary alicyclic amines) is 1. The van der Waals surface area contributed by atoms with Crippen LogP contribution in [0.5, 0.6) is 0 Å². The van der Waals surface area contributed by atoms with E-state index < -0.39 is 0 Å². The van der Waals surface area contributed by atoms with E-state index in [-0.39, 0.29) is 11.9 Å². The van der Waals surface area contributed by atoms with Gasteiger partial charge in [0.05, 0.1) is 16.8 Å². The van der Waals surface area contributed by atoms with Crippen LogP contribution in [0.1, 0.15) is 35.2 Å². The molecule has 0 saturated carbocycles. The molecule has 1 atom stereocenters. The summed E-state index contributed by atoms with van der Waals surface area (Å²) in [6, 6.07) is 3.95. The van der Waals surface area contributed by atoms with Crippen LogP contribution in [0, 0.1) is 0 Å². The molecule has 6 heteroatoms. The summed E-state index contributed by atoms with van der Waals surface area (Å²) in [4.78, 5) is 20.0. The van der Waals surface area contributed by atoms with Crippen molar-refractivity contribution < 1.29 is 4.79 Å². The van der Waals surface area contributed by atoms with Crippen molar-refractivity contribution in [3.05, 3.63) is 37.9 Å². The second-order valence-electron chi connectivity index (χ2n) is 4.85. The van der Waals surface area contributed by atoms with Crippen LogP contribution in [0.2, 0.25) is 4.34 Å². The highest BCUT2D eigenvalue weighted by Gasteiger charge is 2.29. The number of carbonyl (C=O) groups is 1. The first-order chi connectivity index (χ1) is 9.74. The van der Waals surface area contributed by atoms with Gasteiger partial charge in [0, 0.05) is 23.0 Å². The number of amides is 1. The number of hydrogen-bond donors (Lipinski definition) is 0. The molecule has 106 valence electrons. The fourth-order valence-electron chi connectivity index (χ4n) is 2.58. The van der Waals surface area contributed by atoms with Gasteiger partial charge < -0.3 is 4.90 Å². The molecule has 1 fully saturated rings. The topological polar surface area (TPSA) is 33.2 Å². The van der Waals surface area contributed by atoms with Crippen molar-refractivity contribution in [3.63, 3.8) is 0 Å². The standard InChI is InChI=1S/C14H15ClN2OS2/c15-12-5-4-10(20-12)9-13(18)17-7-2-1-3-11(17)14-16-6-8-19-14/h4-6,8,11H,1-3,7,9H2/t11-/m0/s1. The number of thiophene rings is 1. The quantitative estimate of drug-likeness (QED) is 0.848. The molecular weight excluding hydrogens is 312 g/mol. The Bertz CT molecular complexity index is 582. The highest BCUT2D eigenvalue weighted by molar-refractivity contribution is 7.16. The first kappa shape index (κ1) is 14.0. The lowest BCUT2D eigenvalue weighted by atomic mass is 10.0. The van der Waals surface area contributed by atoms with Crippen LogP contribution in [-0.4, -0.2) is 22.3 Å². The van der Waals surface area contributed by atoms with Gasteiger partial charge in [-0.3, -0.25) is 4.79 Å². The number of nitrogens with zero attached hydrogens (tertiary/aromatic N) is 2. The molecular formula is C14H15ClN2OS2. The molecule has 3 nitrogen and oxygen atoms in total. The van der Waals surface area contributed by atoms with Crippen molar-refractivity contribution in [1.82, 2.24) is 9.88 Å². The number of thiazole rings is 1. The fourth-order valence-corrected chi connectivity index (χ4v) is 4.45. The minimum atomic E-state index is 0.159. The monoisotopic (exact) mass is 326 g/mol. The Balaban J connectivity index is 1.74. The maximum absolute atomic E-state index is 12.5. The maximum atomic E-state index is 12.5. The Morgan fingerprint density at radius 1 is 1.45 bits per heavy atom. The lowest BCUT2D eigenvalue weighted by Gasteiger charge is -2.34. The van der Waals surface area contributed by atoms with Crippen molar-refractivity contribution in [3.8, 4) is 0 Å². The number of carbonyl (C=O) groups excluding carboxylic acids is 1. The summed E-state index contributed by atoms with van der Waals surface area (Å²) < 4.78 is 0.739. The highest BCUT2D eigenvalue weighted by atomic mass is 35.5. The molecule has 1 aliphatic heterocycles. The van der Waals surface area contributed by atoms with Crippen molar-refractivity contribution >= 4 is 40.2 Å². The van der Waals surface area contributed by atoms with Crippen LogP contribution in [0.25, 0.3) is 0 Å². The minimum absolute atomic E-state index is 0.159. The molecule has 1 saturated heterocycles. The third-order valence-corrected chi connectivity index (χ3v) is 5.62. The van der Waals surface area contributed by atoms with Crippen LogP contribution in [0.4, 0.5) is 0 Å². The summed E-state index contributed by atoms with van der Waals surface area (Å²) in [5, 5.41) is 3.04. The van der Waals surface area contributed by atoms with Gasteiger partial charge in [0.2, 0.25) is 5.91 Å². The lowest BCUT2D eigenvalue weighted by molar-refractivity contribution is -0.134. The number of aromatic nitrogens is 1. The summed E-state index contributed by atoms with van der Waals surface area (Å²) in [5.74, 6) is 0.184. The van der Waals surface area contributed by atoms with Gasteiger partial charge in [-0.2, -0.15) is 0 Å². The average molecular weight is 327 g/mol. The summed E-state index contributed by atoms with van der Waals surface area (Å²) in [6.45, 7) is 0.836. The van der Waals surface area contributed by atoms with Gasteiger partial charge in [0.15, 0.2) is 0 Å². The Kier molecular flexibility index (Phi) is 4.38. The van der Waals surface area contributed by atoms with Gasteiger partial charge in [-0.15, -0.1) is 22.7 Å². The van der Waals surface area contributed by atoms with Crippen LogP contribution < -0.4 is 0 Å². The van der Waals surface area contributed by atoms with Gasteiger partial charge >= 0.3 is 0 Å². The molecule has 0 bridgehead atoms. The number of halogens is 1. The molecule has 2 aromatic rings. The van der Waals surface area contributed by atoms with E-state index in [0.29, 0.717) is 6.42 Å². The van der Waals surface area contributed by atoms with Gasteiger partial charge in [-0.1, -0.05) is 11.6 Å². The van der Waals surface area contributed by atoms with Crippen molar-refractivity contribution in [1.29, 1.82) is 0 Å². The van der Waals surface area contributed by atoms with Crippen molar-refractivity contribution in [2.24, 2.45) is 0 Å². The number of piperidine rings is 1. The molecule has 0 aliphatic carbocycles.